The minimum atomic E-state index is -4.12. The van der Waals surface area contributed by atoms with Gasteiger partial charge in [-0.3, -0.25) is 4.55 Å². The van der Waals surface area contributed by atoms with Crippen LogP contribution in [0.3, 0.4) is 0 Å². The smallest absolute Gasteiger partial charge is 0.282 e. The van der Waals surface area contributed by atoms with Gasteiger partial charge in [-0.1, -0.05) is 51.8 Å². The molecule has 3 nitrogen and oxygen atoms in total. The average Bonchev–Trinajstić information content (AvgIpc) is 2.27. The SMILES string of the molecule is CC(C)CCCC(C)c1ccccc1S(=O)(=O)O. The highest BCUT2D eigenvalue weighted by Crippen LogP contribution is 2.28. The number of rotatable bonds is 6. The molecule has 18 heavy (non-hydrogen) atoms. The first-order valence-electron chi connectivity index (χ1n) is 6.38. The van der Waals surface area contributed by atoms with E-state index in [1.54, 1.807) is 12.1 Å². The van der Waals surface area contributed by atoms with Crippen LogP contribution < -0.4 is 0 Å². The van der Waals surface area contributed by atoms with Gasteiger partial charge in [0.1, 0.15) is 0 Å². The molecule has 1 aromatic rings. The van der Waals surface area contributed by atoms with E-state index in [0.29, 0.717) is 11.5 Å². The van der Waals surface area contributed by atoms with Gasteiger partial charge in [-0.25, -0.2) is 0 Å². The molecule has 0 saturated carbocycles. The van der Waals surface area contributed by atoms with E-state index >= 15 is 0 Å². The zero-order valence-electron chi connectivity index (χ0n) is 11.3. The van der Waals surface area contributed by atoms with Crippen molar-refractivity contribution >= 4 is 10.1 Å². The molecule has 0 spiro atoms. The van der Waals surface area contributed by atoms with Crippen LogP contribution in [-0.2, 0) is 10.1 Å². The Morgan fingerprint density at radius 3 is 2.28 bits per heavy atom. The van der Waals surface area contributed by atoms with Crippen LogP contribution in [0.5, 0.6) is 0 Å². The zero-order valence-corrected chi connectivity index (χ0v) is 12.1. The van der Waals surface area contributed by atoms with Gasteiger partial charge < -0.3 is 0 Å². The van der Waals surface area contributed by atoms with Crippen molar-refractivity contribution in [2.45, 2.75) is 50.8 Å². The summed E-state index contributed by atoms with van der Waals surface area (Å²) in [6, 6.07) is 6.68. The molecule has 0 bridgehead atoms. The normalized spacial score (nSPS) is 13.8. The van der Waals surface area contributed by atoms with Crippen molar-refractivity contribution in [3.8, 4) is 0 Å². The monoisotopic (exact) mass is 270 g/mol. The molecule has 0 saturated heterocycles. The highest BCUT2D eigenvalue weighted by atomic mass is 32.2. The predicted octanol–water partition coefficient (Wildman–Crippen LogP) is 3.86. The van der Waals surface area contributed by atoms with E-state index < -0.39 is 10.1 Å². The summed E-state index contributed by atoms with van der Waals surface area (Å²) in [5.41, 5.74) is 0.712. The van der Waals surface area contributed by atoms with Crippen LogP contribution in [0.1, 0.15) is 51.5 Å². The molecule has 0 aliphatic heterocycles. The summed E-state index contributed by atoms with van der Waals surface area (Å²) in [5.74, 6) is 0.802. The molecule has 1 N–H and O–H groups in total. The molecule has 102 valence electrons. The van der Waals surface area contributed by atoms with E-state index in [0.717, 1.165) is 19.3 Å². The third-order valence-electron chi connectivity index (χ3n) is 3.15. The van der Waals surface area contributed by atoms with Crippen molar-refractivity contribution in [2.75, 3.05) is 0 Å². The topological polar surface area (TPSA) is 54.4 Å². The lowest BCUT2D eigenvalue weighted by atomic mass is 9.93. The maximum Gasteiger partial charge on any atom is 0.294 e. The molecule has 4 heteroatoms. The third kappa shape index (κ3) is 4.42. The van der Waals surface area contributed by atoms with Gasteiger partial charge in [0.05, 0.1) is 4.90 Å². The molecule has 0 heterocycles. The zero-order chi connectivity index (χ0) is 13.8. The quantitative estimate of drug-likeness (QED) is 0.798. The molecule has 0 radical (unpaired) electrons. The average molecular weight is 270 g/mol. The van der Waals surface area contributed by atoms with Crippen molar-refractivity contribution in [2.24, 2.45) is 5.92 Å². The number of hydrogen-bond acceptors (Lipinski definition) is 2. The molecule has 0 amide bonds. The van der Waals surface area contributed by atoms with Crippen molar-refractivity contribution in [1.82, 2.24) is 0 Å². The standard InChI is InChI=1S/C14H22O3S/c1-11(2)7-6-8-12(3)13-9-4-5-10-14(13)18(15,16)17/h4-5,9-12H,6-8H2,1-3H3,(H,15,16,17). The van der Waals surface area contributed by atoms with Gasteiger partial charge >= 0.3 is 0 Å². The van der Waals surface area contributed by atoms with E-state index in [9.17, 15) is 13.0 Å². The third-order valence-corrected chi connectivity index (χ3v) is 4.07. The first-order valence-corrected chi connectivity index (χ1v) is 7.82. The second-order valence-corrected chi connectivity index (χ2v) is 6.63. The Morgan fingerprint density at radius 2 is 1.72 bits per heavy atom. The van der Waals surface area contributed by atoms with E-state index in [4.69, 9.17) is 0 Å². The van der Waals surface area contributed by atoms with Crippen LogP contribution in [0.25, 0.3) is 0 Å². The molecule has 1 rings (SSSR count). The van der Waals surface area contributed by atoms with Crippen molar-refractivity contribution in [1.29, 1.82) is 0 Å². The van der Waals surface area contributed by atoms with Gasteiger partial charge in [0, 0.05) is 0 Å². The second-order valence-electron chi connectivity index (χ2n) is 5.24. The molecule has 0 fully saturated rings. The molecular weight excluding hydrogens is 248 g/mol. The van der Waals surface area contributed by atoms with E-state index in [-0.39, 0.29) is 10.8 Å². The van der Waals surface area contributed by atoms with Crippen LogP contribution in [0, 0.1) is 5.92 Å². The van der Waals surface area contributed by atoms with Gasteiger partial charge in [0.25, 0.3) is 10.1 Å². The van der Waals surface area contributed by atoms with Gasteiger partial charge in [-0.15, -0.1) is 0 Å². The fraction of sp³-hybridized carbons (Fsp3) is 0.571. The number of benzene rings is 1. The molecule has 1 atom stereocenters. The van der Waals surface area contributed by atoms with Crippen LogP contribution >= 0.6 is 0 Å². The Bertz CT molecular complexity index is 478. The highest BCUT2D eigenvalue weighted by Gasteiger charge is 2.18. The number of hydrogen-bond donors (Lipinski definition) is 1. The minimum absolute atomic E-state index is 0.0436. The second kappa shape index (κ2) is 6.34. The molecule has 0 aliphatic rings. The van der Waals surface area contributed by atoms with Crippen molar-refractivity contribution < 1.29 is 13.0 Å². The van der Waals surface area contributed by atoms with Gasteiger partial charge in [-0.05, 0) is 29.9 Å². The van der Waals surface area contributed by atoms with E-state index in [1.165, 1.54) is 6.07 Å². The fourth-order valence-electron chi connectivity index (χ4n) is 2.11. The molecule has 1 unspecified atom stereocenters. The Balaban J connectivity index is 2.83. The Hall–Kier alpha value is -0.870. The molecule has 0 aromatic heterocycles. The summed E-state index contributed by atoms with van der Waals surface area (Å²) in [5, 5.41) is 0. The lowest BCUT2D eigenvalue weighted by molar-refractivity contribution is 0.477. The molecular formula is C14H22O3S. The largest absolute Gasteiger partial charge is 0.294 e. The lowest BCUT2D eigenvalue weighted by Crippen LogP contribution is -2.06. The van der Waals surface area contributed by atoms with Crippen LogP contribution in [0.4, 0.5) is 0 Å². The minimum Gasteiger partial charge on any atom is -0.282 e. The van der Waals surface area contributed by atoms with Crippen molar-refractivity contribution in [3.05, 3.63) is 29.8 Å². The Labute approximate surface area is 110 Å². The molecule has 1 aromatic carbocycles. The Kier molecular flexibility index (Phi) is 5.35. The maximum atomic E-state index is 11.3. The first kappa shape index (κ1) is 15.2. The molecule has 0 aliphatic carbocycles. The summed E-state index contributed by atoms with van der Waals surface area (Å²) < 4.78 is 31.8. The summed E-state index contributed by atoms with van der Waals surface area (Å²) in [4.78, 5) is 0.0436. The van der Waals surface area contributed by atoms with Gasteiger partial charge in [0.2, 0.25) is 0 Å². The van der Waals surface area contributed by atoms with Crippen molar-refractivity contribution in [3.63, 3.8) is 0 Å². The summed E-state index contributed by atoms with van der Waals surface area (Å²) >= 11 is 0. The van der Waals surface area contributed by atoms with Gasteiger partial charge in [0.15, 0.2) is 0 Å². The predicted molar refractivity (Wildman–Crippen MR) is 73.4 cm³/mol. The summed E-state index contributed by atoms with van der Waals surface area (Å²) in [7, 11) is -4.12. The van der Waals surface area contributed by atoms with Gasteiger partial charge in [-0.2, -0.15) is 8.42 Å². The van der Waals surface area contributed by atoms with Crippen LogP contribution in [-0.4, -0.2) is 13.0 Å². The van der Waals surface area contributed by atoms with E-state index in [1.807, 2.05) is 13.0 Å². The maximum absolute atomic E-state index is 11.3. The van der Waals surface area contributed by atoms with Crippen LogP contribution in [0.2, 0.25) is 0 Å². The highest BCUT2D eigenvalue weighted by molar-refractivity contribution is 7.85. The summed E-state index contributed by atoms with van der Waals surface area (Å²) in [6.45, 7) is 6.36. The summed E-state index contributed by atoms with van der Waals surface area (Å²) in [6.07, 6.45) is 3.14. The lowest BCUT2D eigenvalue weighted by Gasteiger charge is -2.15. The fourth-order valence-corrected chi connectivity index (χ4v) is 2.93. The first-order chi connectivity index (χ1) is 8.32. The Morgan fingerprint density at radius 1 is 1.11 bits per heavy atom. The van der Waals surface area contributed by atoms with Crippen LogP contribution in [0.15, 0.2) is 29.2 Å². The van der Waals surface area contributed by atoms with E-state index in [2.05, 4.69) is 13.8 Å².